The number of halogens is 1. The maximum atomic E-state index is 11.9. The molecule has 1 rings (SSSR count). The van der Waals surface area contributed by atoms with Gasteiger partial charge in [0.2, 0.25) is 5.91 Å². The lowest BCUT2D eigenvalue weighted by Crippen LogP contribution is -2.38. The van der Waals surface area contributed by atoms with E-state index >= 15 is 0 Å². The molecule has 0 atom stereocenters. The molecule has 0 saturated heterocycles. The standard InChI is InChI=1S/C12H19ClN2O2S/c1-3-15(9-10-4-5-11(13)18-10)12(16)8-14-6-7-17-2/h4-5,14H,3,6-9H2,1-2H3. The topological polar surface area (TPSA) is 41.6 Å². The van der Waals surface area contributed by atoms with Crippen molar-refractivity contribution < 1.29 is 9.53 Å². The highest BCUT2D eigenvalue weighted by atomic mass is 35.5. The smallest absolute Gasteiger partial charge is 0.236 e. The molecule has 4 nitrogen and oxygen atoms in total. The summed E-state index contributed by atoms with van der Waals surface area (Å²) in [6.07, 6.45) is 0. The van der Waals surface area contributed by atoms with Crippen molar-refractivity contribution in [2.24, 2.45) is 0 Å². The third-order valence-corrected chi connectivity index (χ3v) is 3.69. The van der Waals surface area contributed by atoms with Gasteiger partial charge in [-0.25, -0.2) is 0 Å². The van der Waals surface area contributed by atoms with Gasteiger partial charge in [0.15, 0.2) is 0 Å². The van der Waals surface area contributed by atoms with Crippen molar-refractivity contribution in [3.8, 4) is 0 Å². The number of nitrogens with zero attached hydrogens (tertiary/aromatic N) is 1. The number of nitrogens with one attached hydrogen (secondary N) is 1. The molecule has 1 aromatic heterocycles. The van der Waals surface area contributed by atoms with E-state index in [1.54, 1.807) is 7.11 Å². The predicted molar refractivity (Wildman–Crippen MR) is 75.2 cm³/mol. The van der Waals surface area contributed by atoms with Gasteiger partial charge in [-0.1, -0.05) is 11.6 Å². The molecule has 1 N–H and O–H groups in total. The first kappa shape index (κ1) is 15.4. The van der Waals surface area contributed by atoms with E-state index in [0.717, 1.165) is 9.21 Å². The van der Waals surface area contributed by atoms with E-state index in [4.69, 9.17) is 16.3 Å². The van der Waals surface area contributed by atoms with E-state index in [9.17, 15) is 4.79 Å². The Kier molecular flexibility index (Phi) is 7.27. The molecular weight excluding hydrogens is 272 g/mol. The molecule has 0 radical (unpaired) electrons. The quantitative estimate of drug-likeness (QED) is 0.745. The molecular formula is C12H19ClN2O2S. The summed E-state index contributed by atoms with van der Waals surface area (Å²) in [4.78, 5) is 14.9. The van der Waals surface area contributed by atoms with Gasteiger partial charge in [-0.15, -0.1) is 11.3 Å². The average molecular weight is 291 g/mol. The summed E-state index contributed by atoms with van der Waals surface area (Å²) in [5.41, 5.74) is 0. The second kappa shape index (κ2) is 8.48. The molecule has 0 aliphatic heterocycles. The zero-order valence-electron chi connectivity index (χ0n) is 10.7. The fourth-order valence-electron chi connectivity index (χ4n) is 1.48. The highest BCUT2D eigenvalue weighted by Gasteiger charge is 2.12. The Morgan fingerprint density at radius 1 is 1.56 bits per heavy atom. The molecule has 102 valence electrons. The molecule has 1 heterocycles. The van der Waals surface area contributed by atoms with Crippen LogP contribution in [0.3, 0.4) is 0 Å². The Morgan fingerprint density at radius 2 is 2.33 bits per heavy atom. The summed E-state index contributed by atoms with van der Waals surface area (Å²) in [7, 11) is 1.64. The first-order valence-electron chi connectivity index (χ1n) is 5.89. The normalized spacial score (nSPS) is 10.6. The van der Waals surface area contributed by atoms with Crippen LogP contribution in [0.4, 0.5) is 0 Å². The molecule has 18 heavy (non-hydrogen) atoms. The molecule has 0 fully saturated rings. The Labute approximate surface area is 117 Å². The molecule has 0 aliphatic carbocycles. The molecule has 0 unspecified atom stereocenters. The number of carbonyl (C=O) groups is 1. The van der Waals surface area contributed by atoms with Crippen molar-refractivity contribution in [1.82, 2.24) is 10.2 Å². The van der Waals surface area contributed by atoms with Crippen LogP contribution in [0.15, 0.2) is 12.1 Å². The first-order chi connectivity index (χ1) is 8.67. The van der Waals surface area contributed by atoms with Crippen molar-refractivity contribution in [3.63, 3.8) is 0 Å². The van der Waals surface area contributed by atoms with Gasteiger partial charge in [0.05, 0.1) is 24.0 Å². The maximum absolute atomic E-state index is 11.9. The SMILES string of the molecule is CCN(Cc1ccc(Cl)s1)C(=O)CNCCOC. The number of amides is 1. The summed E-state index contributed by atoms with van der Waals surface area (Å²) in [5, 5.41) is 3.05. The van der Waals surface area contributed by atoms with Crippen molar-refractivity contribution in [2.75, 3.05) is 33.4 Å². The third kappa shape index (κ3) is 5.35. The van der Waals surface area contributed by atoms with E-state index < -0.39 is 0 Å². The van der Waals surface area contributed by atoms with Gasteiger partial charge in [0, 0.05) is 25.1 Å². The molecule has 0 spiro atoms. The largest absolute Gasteiger partial charge is 0.383 e. The molecule has 0 saturated carbocycles. The van der Waals surface area contributed by atoms with Crippen molar-refractivity contribution in [1.29, 1.82) is 0 Å². The fraction of sp³-hybridized carbons (Fsp3) is 0.583. The lowest BCUT2D eigenvalue weighted by atomic mass is 10.4. The lowest BCUT2D eigenvalue weighted by molar-refractivity contribution is -0.130. The van der Waals surface area contributed by atoms with E-state index in [-0.39, 0.29) is 5.91 Å². The van der Waals surface area contributed by atoms with Crippen LogP contribution in [0.25, 0.3) is 0 Å². The van der Waals surface area contributed by atoms with Crippen LogP contribution >= 0.6 is 22.9 Å². The van der Waals surface area contributed by atoms with Crippen LogP contribution in [0.1, 0.15) is 11.8 Å². The number of carbonyl (C=O) groups excluding carboxylic acids is 1. The van der Waals surface area contributed by atoms with Crippen LogP contribution in [0.5, 0.6) is 0 Å². The minimum Gasteiger partial charge on any atom is -0.383 e. The number of likely N-dealkylation sites (N-methyl/N-ethyl adjacent to an activating group) is 1. The summed E-state index contributed by atoms with van der Waals surface area (Å²) >= 11 is 7.39. The monoisotopic (exact) mass is 290 g/mol. The average Bonchev–Trinajstić information content (AvgIpc) is 2.77. The van der Waals surface area contributed by atoms with Crippen molar-refractivity contribution in [2.45, 2.75) is 13.5 Å². The van der Waals surface area contributed by atoms with Crippen molar-refractivity contribution >= 4 is 28.8 Å². The van der Waals surface area contributed by atoms with Crippen LogP contribution < -0.4 is 5.32 Å². The fourth-order valence-corrected chi connectivity index (χ4v) is 2.59. The Balaban J connectivity index is 2.37. The highest BCUT2D eigenvalue weighted by molar-refractivity contribution is 7.16. The van der Waals surface area contributed by atoms with Crippen molar-refractivity contribution in [3.05, 3.63) is 21.3 Å². The van der Waals surface area contributed by atoms with Gasteiger partial charge < -0.3 is 15.0 Å². The molecule has 1 amide bonds. The molecule has 6 heteroatoms. The van der Waals surface area contributed by atoms with E-state index in [1.165, 1.54) is 11.3 Å². The van der Waals surface area contributed by atoms with Crippen LogP contribution in [-0.4, -0.2) is 44.2 Å². The summed E-state index contributed by atoms with van der Waals surface area (Å²) in [6, 6.07) is 3.82. The molecule has 0 aromatic carbocycles. The third-order valence-electron chi connectivity index (χ3n) is 2.47. The van der Waals surface area contributed by atoms with Gasteiger partial charge in [-0.2, -0.15) is 0 Å². The lowest BCUT2D eigenvalue weighted by Gasteiger charge is -2.20. The number of methoxy groups -OCH3 is 1. The van der Waals surface area contributed by atoms with Gasteiger partial charge in [0.25, 0.3) is 0 Å². The Morgan fingerprint density at radius 3 is 2.89 bits per heavy atom. The summed E-state index contributed by atoms with van der Waals surface area (Å²) < 4.78 is 5.66. The Bertz CT molecular complexity index is 371. The van der Waals surface area contributed by atoms with E-state index in [1.807, 2.05) is 24.0 Å². The molecule has 0 bridgehead atoms. The van der Waals surface area contributed by atoms with Crippen LogP contribution in [0.2, 0.25) is 4.34 Å². The zero-order valence-corrected chi connectivity index (χ0v) is 12.3. The van der Waals surface area contributed by atoms with Gasteiger partial charge >= 0.3 is 0 Å². The first-order valence-corrected chi connectivity index (χ1v) is 7.08. The molecule has 0 aliphatic rings. The second-order valence-corrected chi connectivity index (χ2v) is 5.58. The van der Waals surface area contributed by atoms with Gasteiger partial charge in [-0.3, -0.25) is 4.79 Å². The zero-order chi connectivity index (χ0) is 13.4. The number of ether oxygens (including phenoxy) is 1. The molecule has 1 aromatic rings. The minimum atomic E-state index is 0.0955. The Hall–Kier alpha value is -0.620. The predicted octanol–water partition coefficient (Wildman–Crippen LogP) is 1.99. The van der Waals surface area contributed by atoms with Gasteiger partial charge in [-0.05, 0) is 19.1 Å². The minimum absolute atomic E-state index is 0.0955. The van der Waals surface area contributed by atoms with Gasteiger partial charge in [0.1, 0.15) is 0 Å². The van der Waals surface area contributed by atoms with Crippen LogP contribution in [0, 0.1) is 0 Å². The number of hydrogen-bond donors (Lipinski definition) is 1. The number of hydrogen-bond acceptors (Lipinski definition) is 4. The van der Waals surface area contributed by atoms with Crippen LogP contribution in [-0.2, 0) is 16.1 Å². The second-order valence-electron chi connectivity index (χ2n) is 3.78. The van der Waals surface area contributed by atoms with E-state index in [2.05, 4.69) is 5.32 Å². The number of rotatable bonds is 8. The maximum Gasteiger partial charge on any atom is 0.236 e. The highest BCUT2D eigenvalue weighted by Crippen LogP contribution is 2.22. The summed E-state index contributed by atoms with van der Waals surface area (Å²) in [6.45, 7) is 4.93. The number of thiophene rings is 1. The van der Waals surface area contributed by atoms with E-state index in [0.29, 0.717) is 32.8 Å². The summed E-state index contributed by atoms with van der Waals surface area (Å²) in [5.74, 6) is 0.0955.